The van der Waals surface area contributed by atoms with Gasteiger partial charge in [0, 0.05) is 11.1 Å². The van der Waals surface area contributed by atoms with Gasteiger partial charge >= 0.3 is 0 Å². The highest BCUT2D eigenvalue weighted by atomic mass is 35.5. The van der Waals surface area contributed by atoms with Gasteiger partial charge in [0.05, 0.1) is 16.6 Å². The van der Waals surface area contributed by atoms with E-state index in [1.807, 2.05) is 0 Å². The van der Waals surface area contributed by atoms with E-state index in [0.717, 1.165) is 0 Å². The average Bonchev–Trinajstić information content (AvgIpc) is 2.18. The number of nitrogens with zero attached hydrogens (tertiary/aromatic N) is 1. The Morgan fingerprint density at radius 2 is 2.12 bits per heavy atom. The Balaban J connectivity index is 3.03. The van der Waals surface area contributed by atoms with Crippen molar-refractivity contribution in [1.82, 2.24) is 0 Å². The summed E-state index contributed by atoms with van der Waals surface area (Å²) in [6.45, 7) is 5.01. The standard InChI is InChI=1S/C11H15ClN2O3/c1-7(11(2,3)15)13-9-5-4-8(12)6-10(9)14(16)17/h4-7,13,15H,1-3H3. The Morgan fingerprint density at radius 3 is 2.59 bits per heavy atom. The summed E-state index contributed by atoms with van der Waals surface area (Å²) in [4.78, 5) is 10.3. The number of halogens is 1. The van der Waals surface area contributed by atoms with E-state index in [2.05, 4.69) is 5.32 Å². The number of hydrogen-bond donors (Lipinski definition) is 2. The summed E-state index contributed by atoms with van der Waals surface area (Å²) in [6, 6.07) is 4.04. The summed E-state index contributed by atoms with van der Waals surface area (Å²) >= 11 is 5.71. The fourth-order valence-corrected chi connectivity index (χ4v) is 1.35. The maximum atomic E-state index is 10.8. The van der Waals surface area contributed by atoms with Crippen LogP contribution in [0, 0.1) is 10.1 Å². The molecule has 1 atom stereocenters. The van der Waals surface area contributed by atoms with Crippen molar-refractivity contribution < 1.29 is 10.0 Å². The highest BCUT2D eigenvalue weighted by Gasteiger charge is 2.24. The second kappa shape index (κ2) is 4.89. The zero-order chi connectivity index (χ0) is 13.2. The van der Waals surface area contributed by atoms with Crippen molar-refractivity contribution in [2.24, 2.45) is 0 Å². The average molecular weight is 259 g/mol. The van der Waals surface area contributed by atoms with Crippen molar-refractivity contribution in [2.75, 3.05) is 5.32 Å². The predicted molar refractivity (Wildman–Crippen MR) is 67.5 cm³/mol. The van der Waals surface area contributed by atoms with Crippen molar-refractivity contribution in [2.45, 2.75) is 32.4 Å². The van der Waals surface area contributed by atoms with Gasteiger partial charge < -0.3 is 10.4 Å². The fraction of sp³-hybridized carbons (Fsp3) is 0.455. The van der Waals surface area contributed by atoms with Crippen molar-refractivity contribution in [3.8, 4) is 0 Å². The van der Waals surface area contributed by atoms with Crippen LogP contribution >= 0.6 is 11.6 Å². The number of nitro benzene ring substituents is 1. The van der Waals surface area contributed by atoms with Gasteiger partial charge in [-0.15, -0.1) is 0 Å². The second-order valence-corrected chi connectivity index (χ2v) is 4.87. The van der Waals surface area contributed by atoms with Gasteiger partial charge in [-0.2, -0.15) is 0 Å². The molecule has 0 amide bonds. The molecule has 0 aromatic heterocycles. The summed E-state index contributed by atoms with van der Waals surface area (Å²) in [5.41, 5.74) is -0.740. The van der Waals surface area contributed by atoms with Crippen LogP contribution in [-0.4, -0.2) is 21.7 Å². The second-order valence-electron chi connectivity index (χ2n) is 4.44. The van der Waals surface area contributed by atoms with E-state index in [1.54, 1.807) is 26.8 Å². The lowest BCUT2D eigenvalue weighted by molar-refractivity contribution is -0.384. The molecule has 0 saturated heterocycles. The number of benzene rings is 1. The Morgan fingerprint density at radius 1 is 1.53 bits per heavy atom. The van der Waals surface area contributed by atoms with E-state index in [0.29, 0.717) is 10.7 Å². The molecule has 2 N–H and O–H groups in total. The topological polar surface area (TPSA) is 75.4 Å². The van der Waals surface area contributed by atoms with Gasteiger partial charge in [-0.05, 0) is 32.9 Å². The summed E-state index contributed by atoms with van der Waals surface area (Å²) in [7, 11) is 0. The monoisotopic (exact) mass is 258 g/mol. The van der Waals surface area contributed by atoms with Gasteiger partial charge in [0.15, 0.2) is 0 Å². The van der Waals surface area contributed by atoms with E-state index in [9.17, 15) is 15.2 Å². The maximum Gasteiger partial charge on any atom is 0.293 e. The molecule has 0 radical (unpaired) electrons. The molecule has 0 bridgehead atoms. The molecule has 0 spiro atoms. The molecule has 5 nitrogen and oxygen atoms in total. The Hall–Kier alpha value is -1.33. The molecule has 0 heterocycles. The maximum absolute atomic E-state index is 10.8. The molecule has 0 saturated carbocycles. The van der Waals surface area contributed by atoms with E-state index in [4.69, 9.17) is 11.6 Å². The first-order valence-corrected chi connectivity index (χ1v) is 5.52. The van der Waals surface area contributed by atoms with Crippen LogP contribution in [0.2, 0.25) is 5.02 Å². The molecular weight excluding hydrogens is 244 g/mol. The largest absolute Gasteiger partial charge is 0.388 e. The minimum Gasteiger partial charge on any atom is -0.388 e. The lowest BCUT2D eigenvalue weighted by atomic mass is 10.0. The SMILES string of the molecule is CC(Nc1ccc(Cl)cc1[N+](=O)[O-])C(C)(C)O. The lowest BCUT2D eigenvalue weighted by Crippen LogP contribution is -2.39. The normalized spacial score (nSPS) is 13.2. The molecule has 0 aliphatic rings. The van der Waals surface area contributed by atoms with Crippen LogP contribution in [0.15, 0.2) is 18.2 Å². The quantitative estimate of drug-likeness (QED) is 0.643. The number of aliphatic hydroxyl groups is 1. The zero-order valence-corrected chi connectivity index (χ0v) is 10.7. The number of nitrogens with one attached hydrogen (secondary N) is 1. The van der Waals surface area contributed by atoms with Gasteiger partial charge in [-0.3, -0.25) is 10.1 Å². The van der Waals surface area contributed by atoms with Crippen LogP contribution in [-0.2, 0) is 0 Å². The minimum absolute atomic E-state index is 0.103. The zero-order valence-electron chi connectivity index (χ0n) is 9.90. The number of hydrogen-bond acceptors (Lipinski definition) is 4. The molecule has 1 unspecified atom stereocenters. The molecule has 17 heavy (non-hydrogen) atoms. The third kappa shape index (κ3) is 3.57. The van der Waals surface area contributed by atoms with Crippen LogP contribution in [0.1, 0.15) is 20.8 Å². The number of rotatable bonds is 4. The Bertz CT molecular complexity index is 429. The molecule has 0 aliphatic carbocycles. The Kier molecular flexibility index (Phi) is 3.95. The van der Waals surface area contributed by atoms with E-state index < -0.39 is 10.5 Å². The van der Waals surface area contributed by atoms with Crippen molar-refractivity contribution in [3.05, 3.63) is 33.3 Å². The van der Waals surface area contributed by atoms with Gasteiger partial charge in [0.2, 0.25) is 0 Å². The van der Waals surface area contributed by atoms with E-state index in [-0.39, 0.29) is 11.7 Å². The first-order valence-electron chi connectivity index (χ1n) is 5.14. The lowest BCUT2D eigenvalue weighted by Gasteiger charge is -2.27. The molecule has 1 rings (SSSR count). The minimum atomic E-state index is -0.979. The summed E-state index contributed by atoms with van der Waals surface area (Å²) in [6.07, 6.45) is 0. The van der Waals surface area contributed by atoms with Crippen molar-refractivity contribution in [3.63, 3.8) is 0 Å². The van der Waals surface area contributed by atoms with Crippen LogP contribution in [0.25, 0.3) is 0 Å². The smallest absolute Gasteiger partial charge is 0.293 e. The van der Waals surface area contributed by atoms with Crippen LogP contribution < -0.4 is 5.32 Å². The summed E-state index contributed by atoms with van der Waals surface area (Å²) < 4.78 is 0. The predicted octanol–water partition coefficient (Wildman–Crippen LogP) is 2.82. The highest BCUT2D eigenvalue weighted by molar-refractivity contribution is 6.30. The van der Waals surface area contributed by atoms with Gasteiger partial charge in [0.25, 0.3) is 5.69 Å². The summed E-state index contributed by atoms with van der Waals surface area (Å²) in [5, 5.41) is 23.8. The first kappa shape index (κ1) is 13.7. The third-order valence-corrected chi connectivity index (χ3v) is 2.82. The molecular formula is C11H15ClN2O3. The van der Waals surface area contributed by atoms with Crippen molar-refractivity contribution >= 4 is 23.0 Å². The Labute approximate surface area is 105 Å². The molecule has 6 heteroatoms. The van der Waals surface area contributed by atoms with Crippen molar-refractivity contribution in [1.29, 1.82) is 0 Å². The van der Waals surface area contributed by atoms with Gasteiger partial charge in [-0.25, -0.2) is 0 Å². The first-order chi connectivity index (χ1) is 7.71. The van der Waals surface area contributed by atoms with Gasteiger partial charge in [-0.1, -0.05) is 11.6 Å². The van der Waals surface area contributed by atoms with E-state index in [1.165, 1.54) is 12.1 Å². The number of nitro groups is 1. The molecule has 0 aliphatic heterocycles. The highest BCUT2D eigenvalue weighted by Crippen LogP contribution is 2.29. The van der Waals surface area contributed by atoms with Crippen LogP contribution in [0.3, 0.4) is 0 Å². The molecule has 94 valence electrons. The van der Waals surface area contributed by atoms with Crippen LogP contribution in [0.4, 0.5) is 11.4 Å². The fourth-order valence-electron chi connectivity index (χ4n) is 1.19. The molecule has 1 aromatic rings. The molecule has 1 aromatic carbocycles. The summed E-state index contributed by atoms with van der Waals surface area (Å²) in [5.74, 6) is 0. The van der Waals surface area contributed by atoms with E-state index >= 15 is 0 Å². The van der Waals surface area contributed by atoms with Gasteiger partial charge in [0.1, 0.15) is 5.69 Å². The number of anilines is 1. The third-order valence-electron chi connectivity index (χ3n) is 2.59. The van der Waals surface area contributed by atoms with Crippen LogP contribution in [0.5, 0.6) is 0 Å². The molecule has 0 fully saturated rings.